The van der Waals surface area contributed by atoms with Gasteiger partial charge in [-0.2, -0.15) is 0 Å². The molecule has 134 valence electrons. The van der Waals surface area contributed by atoms with Crippen LogP contribution in [0, 0.1) is 6.92 Å². The molecular weight excluding hydrogens is 336 g/mol. The number of ether oxygens (including phenoxy) is 1. The molecule has 0 bridgehead atoms. The van der Waals surface area contributed by atoms with Gasteiger partial charge in [0.2, 0.25) is 5.88 Å². The van der Waals surface area contributed by atoms with E-state index >= 15 is 0 Å². The van der Waals surface area contributed by atoms with E-state index in [0.29, 0.717) is 5.88 Å². The van der Waals surface area contributed by atoms with E-state index in [-0.39, 0.29) is 5.75 Å². The normalized spacial score (nSPS) is 10.9. The Bertz CT molecular complexity index is 1120. The van der Waals surface area contributed by atoms with Gasteiger partial charge in [-0.3, -0.25) is 4.98 Å². The summed E-state index contributed by atoms with van der Waals surface area (Å²) in [6, 6.07) is 17.6. The van der Waals surface area contributed by atoms with Crippen molar-refractivity contribution in [1.29, 1.82) is 0 Å². The Morgan fingerprint density at radius 2 is 1.85 bits per heavy atom. The first-order valence-electron chi connectivity index (χ1n) is 8.80. The topological polar surface area (TPSA) is 55.2 Å². The van der Waals surface area contributed by atoms with Gasteiger partial charge >= 0.3 is 0 Å². The quantitative estimate of drug-likeness (QED) is 0.564. The van der Waals surface area contributed by atoms with Crippen molar-refractivity contribution in [3.05, 3.63) is 83.7 Å². The van der Waals surface area contributed by atoms with Crippen LogP contribution in [-0.4, -0.2) is 22.2 Å². The molecule has 0 saturated carbocycles. The molecule has 27 heavy (non-hydrogen) atoms. The predicted octanol–water partition coefficient (Wildman–Crippen LogP) is 4.91. The lowest BCUT2D eigenvalue weighted by Crippen LogP contribution is -1.94. The van der Waals surface area contributed by atoms with Gasteiger partial charge in [-0.15, -0.1) is 0 Å². The highest BCUT2D eigenvalue weighted by Crippen LogP contribution is 2.33. The van der Waals surface area contributed by atoms with Crippen molar-refractivity contribution < 1.29 is 9.84 Å². The van der Waals surface area contributed by atoms with E-state index < -0.39 is 0 Å². The van der Waals surface area contributed by atoms with E-state index in [2.05, 4.69) is 28.2 Å². The highest BCUT2D eigenvalue weighted by atomic mass is 16.5. The Labute approximate surface area is 158 Å². The fraction of sp³-hybridized carbons (Fsp3) is 0.130. The van der Waals surface area contributed by atoms with E-state index in [1.807, 2.05) is 43.6 Å². The summed E-state index contributed by atoms with van der Waals surface area (Å²) in [7, 11) is 1.61. The van der Waals surface area contributed by atoms with Crippen molar-refractivity contribution in [3.63, 3.8) is 0 Å². The minimum Gasteiger partial charge on any atom is -0.508 e. The van der Waals surface area contributed by atoms with Crippen molar-refractivity contribution >= 4 is 10.9 Å². The third-order valence-electron chi connectivity index (χ3n) is 4.56. The van der Waals surface area contributed by atoms with Crippen LogP contribution in [-0.2, 0) is 6.42 Å². The maximum atomic E-state index is 9.89. The summed E-state index contributed by atoms with van der Waals surface area (Å²) in [6.07, 6.45) is 4.57. The van der Waals surface area contributed by atoms with E-state index in [4.69, 9.17) is 4.74 Å². The van der Waals surface area contributed by atoms with Crippen LogP contribution in [0.15, 0.2) is 67.0 Å². The Morgan fingerprint density at radius 3 is 2.63 bits per heavy atom. The summed E-state index contributed by atoms with van der Waals surface area (Å²) >= 11 is 0. The van der Waals surface area contributed by atoms with Crippen LogP contribution in [0.4, 0.5) is 0 Å². The summed E-state index contributed by atoms with van der Waals surface area (Å²) < 4.78 is 5.37. The van der Waals surface area contributed by atoms with E-state index in [0.717, 1.165) is 34.0 Å². The number of phenolic OH excluding ortho intramolecular Hbond substituents is 1. The fourth-order valence-corrected chi connectivity index (χ4v) is 3.33. The van der Waals surface area contributed by atoms with Gasteiger partial charge in [0.05, 0.1) is 12.6 Å². The SMILES string of the molecule is COc1cc(-c2cccc(O)c2)c2cc(Cc3cncc(C)c3)ccc2n1. The number of methoxy groups -OCH3 is 1. The molecule has 0 aliphatic rings. The molecule has 0 aliphatic heterocycles. The van der Waals surface area contributed by atoms with Gasteiger partial charge in [0.25, 0.3) is 0 Å². The van der Waals surface area contributed by atoms with Crippen molar-refractivity contribution in [1.82, 2.24) is 9.97 Å². The number of hydrogen-bond donors (Lipinski definition) is 1. The number of fused-ring (bicyclic) bond motifs is 1. The maximum Gasteiger partial charge on any atom is 0.214 e. The zero-order valence-electron chi connectivity index (χ0n) is 15.3. The molecule has 1 N–H and O–H groups in total. The van der Waals surface area contributed by atoms with Crippen molar-refractivity contribution in [2.24, 2.45) is 0 Å². The Morgan fingerprint density at radius 1 is 0.963 bits per heavy atom. The molecular formula is C23H20N2O2. The molecule has 0 fully saturated rings. The Kier molecular flexibility index (Phi) is 4.47. The average Bonchev–Trinajstić information content (AvgIpc) is 2.67. The highest BCUT2D eigenvalue weighted by Gasteiger charge is 2.10. The molecule has 2 heterocycles. The van der Waals surface area contributed by atoms with Gasteiger partial charge in [0, 0.05) is 23.8 Å². The number of aryl methyl sites for hydroxylation is 1. The molecule has 4 rings (SSSR count). The number of pyridine rings is 2. The van der Waals surface area contributed by atoms with Crippen LogP contribution in [0.1, 0.15) is 16.7 Å². The third kappa shape index (κ3) is 3.60. The van der Waals surface area contributed by atoms with Gasteiger partial charge in [-0.05, 0) is 65.4 Å². The van der Waals surface area contributed by atoms with Crippen LogP contribution < -0.4 is 4.74 Å². The third-order valence-corrected chi connectivity index (χ3v) is 4.56. The van der Waals surface area contributed by atoms with Gasteiger partial charge in [-0.25, -0.2) is 4.98 Å². The van der Waals surface area contributed by atoms with Gasteiger partial charge in [0.1, 0.15) is 5.75 Å². The van der Waals surface area contributed by atoms with Crippen molar-refractivity contribution in [2.75, 3.05) is 7.11 Å². The molecule has 0 atom stereocenters. The van der Waals surface area contributed by atoms with Gasteiger partial charge in [-0.1, -0.05) is 24.3 Å². The summed E-state index contributed by atoms with van der Waals surface area (Å²) in [5, 5.41) is 10.9. The van der Waals surface area contributed by atoms with Crippen LogP contribution in [0.2, 0.25) is 0 Å². The lowest BCUT2D eigenvalue weighted by atomic mass is 9.97. The monoisotopic (exact) mass is 356 g/mol. The van der Waals surface area contributed by atoms with Crippen molar-refractivity contribution in [3.8, 4) is 22.8 Å². The minimum absolute atomic E-state index is 0.235. The number of hydrogen-bond acceptors (Lipinski definition) is 4. The molecule has 0 radical (unpaired) electrons. The van der Waals surface area contributed by atoms with Crippen LogP contribution in [0.25, 0.3) is 22.0 Å². The second-order valence-corrected chi connectivity index (χ2v) is 6.66. The first-order valence-corrected chi connectivity index (χ1v) is 8.80. The lowest BCUT2D eigenvalue weighted by molar-refractivity contribution is 0.400. The van der Waals surface area contributed by atoms with Crippen molar-refractivity contribution in [2.45, 2.75) is 13.3 Å². The lowest BCUT2D eigenvalue weighted by Gasteiger charge is -2.11. The molecule has 4 heteroatoms. The first kappa shape index (κ1) is 17.0. The second kappa shape index (κ2) is 7.08. The number of aromatic nitrogens is 2. The number of phenols is 1. The predicted molar refractivity (Wildman–Crippen MR) is 107 cm³/mol. The number of benzene rings is 2. The molecule has 0 unspecified atom stereocenters. The Balaban J connectivity index is 1.85. The molecule has 4 aromatic rings. The molecule has 0 aliphatic carbocycles. The Hall–Kier alpha value is -3.40. The summed E-state index contributed by atoms with van der Waals surface area (Å²) in [6.45, 7) is 2.05. The van der Waals surface area contributed by atoms with E-state index in [9.17, 15) is 5.11 Å². The average molecular weight is 356 g/mol. The van der Waals surface area contributed by atoms with Gasteiger partial charge < -0.3 is 9.84 Å². The van der Waals surface area contributed by atoms with Crippen LogP contribution >= 0.6 is 0 Å². The van der Waals surface area contributed by atoms with Gasteiger partial charge in [0.15, 0.2) is 0 Å². The largest absolute Gasteiger partial charge is 0.508 e. The first-order chi connectivity index (χ1) is 13.1. The van der Waals surface area contributed by atoms with Crippen LogP contribution in [0.3, 0.4) is 0 Å². The minimum atomic E-state index is 0.235. The molecule has 0 spiro atoms. The fourth-order valence-electron chi connectivity index (χ4n) is 3.33. The smallest absolute Gasteiger partial charge is 0.214 e. The zero-order valence-corrected chi connectivity index (χ0v) is 15.3. The standard InChI is InChI=1S/C23H20N2O2/c1-15-8-17(14-24-13-15)9-16-6-7-22-21(10-16)20(12-23(25-22)27-2)18-4-3-5-19(26)11-18/h3-8,10-14,26H,9H2,1-2H3. The van der Waals surface area contributed by atoms with E-state index in [1.165, 1.54) is 11.1 Å². The molecule has 0 saturated heterocycles. The zero-order chi connectivity index (χ0) is 18.8. The summed E-state index contributed by atoms with van der Waals surface area (Å²) in [4.78, 5) is 8.85. The van der Waals surface area contributed by atoms with E-state index in [1.54, 1.807) is 19.2 Å². The molecule has 2 aromatic heterocycles. The number of aromatic hydroxyl groups is 1. The highest BCUT2D eigenvalue weighted by molar-refractivity contribution is 5.95. The molecule has 2 aromatic carbocycles. The maximum absolute atomic E-state index is 9.89. The number of nitrogens with zero attached hydrogens (tertiary/aromatic N) is 2. The summed E-state index contributed by atoms with van der Waals surface area (Å²) in [5.41, 5.74) is 6.28. The molecule has 4 nitrogen and oxygen atoms in total. The summed E-state index contributed by atoms with van der Waals surface area (Å²) in [5.74, 6) is 0.787. The molecule has 0 amide bonds. The van der Waals surface area contributed by atoms with Crippen LogP contribution in [0.5, 0.6) is 11.6 Å². The number of rotatable bonds is 4. The second-order valence-electron chi connectivity index (χ2n) is 6.66.